The number of carboxylic acids is 1. The van der Waals surface area contributed by atoms with Gasteiger partial charge in [0.25, 0.3) is 0 Å². The molecular weight excluding hydrogens is 230 g/mol. The van der Waals surface area contributed by atoms with Crippen molar-refractivity contribution in [2.24, 2.45) is 17.3 Å². The quantitative estimate of drug-likeness (QED) is 0.737. The van der Waals surface area contributed by atoms with Crippen LogP contribution in [0.25, 0.3) is 0 Å². The summed E-state index contributed by atoms with van der Waals surface area (Å²) in [4.78, 5) is 22.6. The van der Waals surface area contributed by atoms with Crippen LogP contribution in [0.1, 0.15) is 53.9 Å². The van der Waals surface area contributed by atoms with Gasteiger partial charge in [0.05, 0.1) is 5.92 Å². The van der Waals surface area contributed by atoms with Crippen molar-refractivity contribution in [1.82, 2.24) is 5.32 Å². The van der Waals surface area contributed by atoms with Crippen molar-refractivity contribution in [3.8, 4) is 0 Å². The topological polar surface area (TPSA) is 66.4 Å². The van der Waals surface area contributed by atoms with Gasteiger partial charge < -0.3 is 10.4 Å². The minimum Gasteiger partial charge on any atom is -0.481 e. The second kappa shape index (κ2) is 7.39. The van der Waals surface area contributed by atoms with E-state index in [4.69, 9.17) is 5.11 Å². The van der Waals surface area contributed by atoms with Crippen LogP contribution in [0, 0.1) is 17.3 Å². The number of rotatable bonds is 7. The molecule has 1 unspecified atom stereocenters. The minimum atomic E-state index is -0.833. The summed E-state index contributed by atoms with van der Waals surface area (Å²) in [7, 11) is 0. The fourth-order valence-corrected chi connectivity index (χ4v) is 1.65. The van der Waals surface area contributed by atoms with E-state index in [1.807, 2.05) is 13.8 Å². The molecule has 4 heteroatoms. The van der Waals surface area contributed by atoms with Crippen LogP contribution in [0.15, 0.2) is 0 Å². The Morgan fingerprint density at radius 3 is 2.17 bits per heavy atom. The molecule has 0 aromatic carbocycles. The molecule has 0 aliphatic heterocycles. The summed E-state index contributed by atoms with van der Waals surface area (Å²) in [5.74, 6) is -1.05. The van der Waals surface area contributed by atoms with E-state index in [2.05, 4.69) is 26.1 Å². The lowest BCUT2D eigenvalue weighted by Gasteiger charge is -2.18. The van der Waals surface area contributed by atoms with E-state index in [-0.39, 0.29) is 17.9 Å². The summed E-state index contributed by atoms with van der Waals surface area (Å²) in [6.45, 7) is 10.4. The Bertz CT molecular complexity index is 279. The number of nitrogens with one attached hydrogen (secondary N) is 1. The number of hydrogen-bond donors (Lipinski definition) is 2. The highest BCUT2D eigenvalue weighted by molar-refractivity contribution is 5.77. The lowest BCUT2D eigenvalue weighted by Crippen LogP contribution is -2.34. The number of aliphatic carboxylic acids is 1. The van der Waals surface area contributed by atoms with Crippen LogP contribution in [-0.4, -0.2) is 23.5 Å². The summed E-state index contributed by atoms with van der Waals surface area (Å²) in [6, 6.07) is 0. The van der Waals surface area contributed by atoms with Crippen molar-refractivity contribution < 1.29 is 14.7 Å². The van der Waals surface area contributed by atoms with E-state index in [9.17, 15) is 9.59 Å². The molecule has 0 saturated carbocycles. The van der Waals surface area contributed by atoms with Gasteiger partial charge in [-0.25, -0.2) is 0 Å². The highest BCUT2D eigenvalue weighted by Crippen LogP contribution is 2.20. The molecule has 0 bridgehead atoms. The Morgan fingerprint density at radius 1 is 1.22 bits per heavy atom. The number of hydrogen-bond acceptors (Lipinski definition) is 2. The van der Waals surface area contributed by atoms with Gasteiger partial charge in [-0.15, -0.1) is 0 Å². The average Bonchev–Trinajstić information content (AvgIpc) is 2.19. The second-order valence-electron chi connectivity index (χ2n) is 6.53. The summed E-state index contributed by atoms with van der Waals surface area (Å²) in [6.07, 6.45) is 1.85. The van der Waals surface area contributed by atoms with Crippen molar-refractivity contribution in [2.45, 2.75) is 53.9 Å². The summed E-state index contributed by atoms with van der Waals surface area (Å²) < 4.78 is 0. The van der Waals surface area contributed by atoms with Crippen LogP contribution in [0.4, 0.5) is 0 Å². The first-order valence-electron chi connectivity index (χ1n) is 6.61. The normalized spacial score (nSPS) is 13.4. The van der Waals surface area contributed by atoms with Crippen molar-refractivity contribution >= 4 is 11.9 Å². The second-order valence-corrected chi connectivity index (χ2v) is 6.53. The van der Waals surface area contributed by atoms with E-state index in [0.29, 0.717) is 18.8 Å². The van der Waals surface area contributed by atoms with Crippen LogP contribution >= 0.6 is 0 Å². The predicted molar refractivity (Wildman–Crippen MR) is 72.3 cm³/mol. The predicted octanol–water partition coefficient (Wildman–Crippen LogP) is 2.68. The number of carboxylic acid groups (broad SMARTS) is 1. The zero-order valence-corrected chi connectivity index (χ0v) is 12.2. The van der Waals surface area contributed by atoms with E-state index in [0.717, 1.165) is 6.42 Å². The zero-order chi connectivity index (χ0) is 14.3. The molecule has 1 atom stereocenters. The molecule has 18 heavy (non-hydrogen) atoms. The Morgan fingerprint density at radius 2 is 1.78 bits per heavy atom. The number of amides is 1. The first kappa shape index (κ1) is 16.9. The maximum Gasteiger partial charge on any atom is 0.308 e. The molecule has 0 aliphatic carbocycles. The summed E-state index contributed by atoms with van der Waals surface area (Å²) >= 11 is 0. The molecule has 0 aromatic heterocycles. The molecule has 4 nitrogen and oxygen atoms in total. The van der Waals surface area contributed by atoms with Crippen LogP contribution < -0.4 is 5.32 Å². The van der Waals surface area contributed by atoms with E-state index in [1.54, 1.807) is 0 Å². The SMILES string of the molecule is CC(C)CC(CNC(=O)CCC(C)(C)C)C(=O)O. The van der Waals surface area contributed by atoms with Crippen LogP contribution in [0.3, 0.4) is 0 Å². The first-order chi connectivity index (χ1) is 8.11. The molecule has 0 rings (SSSR count). The van der Waals surface area contributed by atoms with Gasteiger partial charge in [0, 0.05) is 13.0 Å². The van der Waals surface area contributed by atoms with Crippen molar-refractivity contribution in [3.05, 3.63) is 0 Å². The highest BCUT2D eigenvalue weighted by atomic mass is 16.4. The third kappa shape index (κ3) is 9.02. The Balaban J connectivity index is 4.04. The van der Waals surface area contributed by atoms with Gasteiger partial charge in [0.2, 0.25) is 5.91 Å². The highest BCUT2D eigenvalue weighted by Gasteiger charge is 2.20. The molecule has 0 aliphatic rings. The van der Waals surface area contributed by atoms with Gasteiger partial charge in [-0.2, -0.15) is 0 Å². The molecule has 0 aromatic rings. The Kier molecular flexibility index (Phi) is 6.96. The molecule has 0 heterocycles. The van der Waals surface area contributed by atoms with Crippen molar-refractivity contribution in [1.29, 1.82) is 0 Å². The minimum absolute atomic E-state index is 0.0556. The molecule has 0 fully saturated rings. The van der Waals surface area contributed by atoms with Gasteiger partial charge in [-0.3, -0.25) is 9.59 Å². The van der Waals surface area contributed by atoms with Gasteiger partial charge in [-0.1, -0.05) is 34.6 Å². The Hall–Kier alpha value is -1.06. The smallest absolute Gasteiger partial charge is 0.308 e. The largest absolute Gasteiger partial charge is 0.481 e. The molecule has 2 N–H and O–H groups in total. The number of carbonyl (C=O) groups excluding carboxylic acids is 1. The molecule has 0 saturated heterocycles. The van der Waals surface area contributed by atoms with E-state index < -0.39 is 11.9 Å². The molecule has 1 amide bonds. The van der Waals surface area contributed by atoms with Gasteiger partial charge in [0.15, 0.2) is 0 Å². The van der Waals surface area contributed by atoms with Crippen molar-refractivity contribution in [2.75, 3.05) is 6.54 Å². The van der Waals surface area contributed by atoms with E-state index >= 15 is 0 Å². The molecule has 0 spiro atoms. The molecular formula is C14H27NO3. The fourth-order valence-electron chi connectivity index (χ4n) is 1.65. The van der Waals surface area contributed by atoms with Crippen LogP contribution in [0.2, 0.25) is 0 Å². The molecule has 106 valence electrons. The molecule has 0 radical (unpaired) electrons. The summed E-state index contributed by atoms with van der Waals surface area (Å²) in [5.41, 5.74) is 0.126. The van der Waals surface area contributed by atoms with Gasteiger partial charge >= 0.3 is 5.97 Å². The lowest BCUT2D eigenvalue weighted by molar-refractivity contribution is -0.142. The average molecular weight is 257 g/mol. The van der Waals surface area contributed by atoms with E-state index in [1.165, 1.54) is 0 Å². The Labute approximate surface area is 110 Å². The third-order valence-corrected chi connectivity index (χ3v) is 2.75. The van der Waals surface area contributed by atoms with Gasteiger partial charge in [0.1, 0.15) is 0 Å². The van der Waals surface area contributed by atoms with Crippen molar-refractivity contribution in [3.63, 3.8) is 0 Å². The fraction of sp³-hybridized carbons (Fsp3) is 0.857. The lowest BCUT2D eigenvalue weighted by atomic mass is 9.90. The van der Waals surface area contributed by atoms with Crippen LogP contribution in [-0.2, 0) is 9.59 Å². The first-order valence-corrected chi connectivity index (χ1v) is 6.61. The monoisotopic (exact) mass is 257 g/mol. The van der Waals surface area contributed by atoms with Gasteiger partial charge in [-0.05, 0) is 24.2 Å². The summed E-state index contributed by atoms with van der Waals surface area (Å²) in [5, 5.41) is 11.8. The van der Waals surface area contributed by atoms with Crippen LogP contribution in [0.5, 0.6) is 0 Å². The number of carbonyl (C=O) groups is 2. The maximum atomic E-state index is 11.6. The standard InChI is InChI=1S/C14H27NO3/c1-10(2)8-11(13(17)18)9-15-12(16)6-7-14(3,4)5/h10-11H,6-9H2,1-5H3,(H,15,16)(H,17,18). The zero-order valence-electron chi connectivity index (χ0n) is 12.2. The third-order valence-electron chi connectivity index (χ3n) is 2.75. The maximum absolute atomic E-state index is 11.6.